The van der Waals surface area contributed by atoms with Gasteiger partial charge in [0.05, 0.1) is 0 Å². The number of carbonyl (C=O) groups is 1. The fourth-order valence-corrected chi connectivity index (χ4v) is 3.36. The lowest BCUT2D eigenvalue weighted by Crippen LogP contribution is -2.32. The van der Waals surface area contributed by atoms with Gasteiger partial charge in [-0.25, -0.2) is 0 Å². The summed E-state index contributed by atoms with van der Waals surface area (Å²) in [5, 5.41) is 11.7. The van der Waals surface area contributed by atoms with E-state index >= 15 is 0 Å². The first-order chi connectivity index (χ1) is 12.6. The average Bonchev–Trinajstić information content (AvgIpc) is 3.10. The Morgan fingerprint density at radius 3 is 2.88 bits per heavy atom. The van der Waals surface area contributed by atoms with Crippen molar-refractivity contribution in [3.8, 4) is 0 Å². The van der Waals surface area contributed by atoms with Crippen LogP contribution in [-0.4, -0.2) is 41.3 Å². The number of H-pyrrole nitrogens is 1. The second-order valence-electron chi connectivity index (χ2n) is 6.85. The van der Waals surface area contributed by atoms with Crippen molar-refractivity contribution in [1.82, 2.24) is 15.2 Å². The molecule has 1 amide bonds. The third-order valence-corrected chi connectivity index (χ3v) is 4.79. The van der Waals surface area contributed by atoms with Crippen LogP contribution in [0.3, 0.4) is 0 Å². The largest absolute Gasteiger partial charge is 0.398 e. The summed E-state index contributed by atoms with van der Waals surface area (Å²) in [7, 11) is 0. The molecule has 1 aromatic heterocycles. The molecule has 1 fully saturated rings. The fraction of sp³-hybridized carbons (Fsp3) is 0.400. The Balaban J connectivity index is 1.47. The first kappa shape index (κ1) is 18.2. The fourth-order valence-electron chi connectivity index (χ4n) is 3.36. The van der Waals surface area contributed by atoms with Crippen molar-refractivity contribution < 1.29 is 4.79 Å². The Morgan fingerprint density at radius 2 is 2.08 bits per heavy atom. The summed E-state index contributed by atoms with van der Waals surface area (Å²) < 4.78 is 0. The topological polar surface area (TPSA) is 98.0 Å². The zero-order valence-electron chi connectivity index (χ0n) is 15.1. The number of likely N-dealkylation sites (tertiary alicyclic amines) is 1. The summed E-state index contributed by atoms with van der Waals surface area (Å²) in [6.45, 7) is 3.23. The van der Waals surface area contributed by atoms with Gasteiger partial charge >= 0.3 is 0 Å². The van der Waals surface area contributed by atoms with E-state index in [1.54, 1.807) is 0 Å². The van der Waals surface area contributed by atoms with Gasteiger partial charge in [0, 0.05) is 29.9 Å². The van der Waals surface area contributed by atoms with E-state index in [9.17, 15) is 4.79 Å². The van der Waals surface area contributed by atoms with Crippen molar-refractivity contribution in [3.63, 3.8) is 0 Å². The minimum Gasteiger partial charge on any atom is -0.398 e. The quantitative estimate of drug-likeness (QED) is 0.475. The van der Waals surface area contributed by atoms with Gasteiger partial charge in [-0.1, -0.05) is 18.6 Å². The van der Waals surface area contributed by atoms with E-state index in [-0.39, 0.29) is 11.7 Å². The molecule has 1 aliphatic rings. The van der Waals surface area contributed by atoms with Crippen molar-refractivity contribution in [2.24, 2.45) is 5.73 Å². The van der Waals surface area contributed by atoms with Gasteiger partial charge in [-0.2, -0.15) is 0 Å². The third kappa shape index (κ3) is 4.95. The third-order valence-electron chi connectivity index (χ3n) is 4.79. The number of rotatable bonds is 6. The van der Waals surface area contributed by atoms with E-state index in [1.165, 1.54) is 25.3 Å². The van der Waals surface area contributed by atoms with E-state index in [1.807, 2.05) is 30.5 Å². The van der Waals surface area contributed by atoms with E-state index < -0.39 is 0 Å². The van der Waals surface area contributed by atoms with Crippen molar-refractivity contribution in [2.45, 2.75) is 32.1 Å². The van der Waals surface area contributed by atoms with E-state index in [2.05, 4.69) is 15.2 Å². The average molecular weight is 353 g/mol. The van der Waals surface area contributed by atoms with Crippen molar-refractivity contribution >= 4 is 28.3 Å². The molecule has 0 bridgehead atoms. The number of amidine groups is 1. The number of piperidine rings is 1. The number of carbonyl (C=O) groups excluding carboxylic acids is 1. The molecule has 2 aromatic rings. The minimum absolute atomic E-state index is 0.0251. The minimum atomic E-state index is -0.129. The van der Waals surface area contributed by atoms with Gasteiger partial charge in [0.1, 0.15) is 5.84 Å². The molecule has 3 rings (SSSR count). The molecule has 1 saturated heterocycles. The Bertz CT molecular complexity index is 801. The molecule has 5 N–H and O–H groups in total. The second kappa shape index (κ2) is 8.67. The Hall–Kier alpha value is -2.60. The lowest BCUT2D eigenvalue weighted by Gasteiger charge is -2.26. The Kier molecular flexibility index (Phi) is 6.07. The molecule has 1 aliphatic heterocycles. The predicted molar refractivity (Wildman–Crippen MR) is 106 cm³/mol. The van der Waals surface area contributed by atoms with Gasteiger partial charge in [0.25, 0.3) is 0 Å². The molecule has 0 radical (unpaired) electrons. The van der Waals surface area contributed by atoms with Crippen LogP contribution in [0.5, 0.6) is 0 Å². The SMILES string of the molecule is N=C(C=C(N)c1ccc2cc[nH]c2c1)NC(=O)CCCN1CCCCC1. The van der Waals surface area contributed by atoms with Gasteiger partial charge in [0.15, 0.2) is 0 Å². The number of nitrogens with one attached hydrogen (secondary N) is 3. The first-order valence-electron chi connectivity index (χ1n) is 9.27. The molecule has 1 aromatic carbocycles. The lowest BCUT2D eigenvalue weighted by atomic mass is 10.1. The van der Waals surface area contributed by atoms with Gasteiger partial charge in [-0.3, -0.25) is 10.2 Å². The zero-order valence-corrected chi connectivity index (χ0v) is 15.1. The number of hydrogen-bond donors (Lipinski definition) is 4. The number of nitrogens with zero attached hydrogens (tertiary/aromatic N) is 1. The van der Waals surface area contributed by atoms with E-state index in [0.29, 0.717) is 12.1 Å². The smallest absolute Gasteiger partial charge is 0.225 e. The monoisotopic (exact) mass is 353 g/mol. The molecule has 138 valence electrons. The molecule has 6 nitrogen and oxygen atoms in total. The number of amides is 1. The highest BCUT2D eigenvalue weighted by Crippen LogP contribution is 2.17. The van der Waals surface area contributed by atoms with Gasteiger partial charge in [0.2, 0.25) is 5.91 Å². The molecular formula is C20H27N5O. The second-order valence-corrected chi connectivity index (χ2v) is 6.85. The highest BCUT2D eigenvalue weighted by Gasteiger charge is 2.11. The molecule has 0 unspecified atom stereocenters. The van der Waals surface area contributed by atoms with Crippen LogP contribution in [0.15, 0.2) is 36.5 Å². The number of aromatic amines is 1. The maximum absolute atomic E-state index is 12.0. The molecule has 0 saturated carbocycles. The van der Waals surface area contributed by atoms with E-state index in [4.69, 9.17) is 11.1 Å². The van der Waals surface area contributed by atoms with Crippen LogP contribution in [0.4, 0.5) is 0 Å². The summed E-state index contributed by atoms with van der Waals surface area (Å²) >= 11 is 0. The Morgan fingerprint density at radius 1 is 1.27 bits per heavy atom. The van der Waals surface area contributed by atoms with Crippen LogP contribution in [-0.2, 0) is 4.79 Å². The van der Waals surface area contributed by atoms with Crippen molar-refractivity contribution in [1.29, 1.82) is 5.41 Å². The van der Waals surface area contributed by atoms with Crippen molar-refractivity contribution in [2.75, 3.05) is 19.6 Å². The molecule has 0 aliphatic carbocycles. The number of fused-ring (bicyclic) bond motifs is 1. The van der Waals surface area contributed by atoms with Crippen LogP contribution in [0.1, 0.15) is 37.7 Å². The number of hydrogen-bond acceptors (Lipinski definition) is 4. The van der Waals surface area contributed by atoms with Gasteiger partial charge < -0.3 is 20.9 Å². The van der Waals surface area contributed by atoms with Crippen molar-refractivity contribution in [3.05, 3.63) is 42.1 Å². The predicted octanol–water partition coefficient (Wildman–Crippen LogP) is 2.83. The molecule has 26 heavy (non-hydrogen) atoms. The number of benzene rings is 1. The van der Waals surface area contributed by atoms with Gasteiger partial charge in [-0.05, 0) is 62.0 Å². The van der Waals surface area contributed by atoms with Crippen LogP contribution >= 0.6 is 0 Å². The van der Waals surface area contributed by atoms with Crippen LogP contribution in [0.25, 0.3) is 16.6 Å². The summed E-state index contributed by atoms with van der Waals surface area (Å²) in [5.41, 5.74) is 8.35. The Labute approximate surface area is 154 Å². The standard InChI is InChI=1S/C20H27N5O/c21-17(16-7-6-15-8-9-23-18(15)13-16)14-19(22)24-20(26)5-4-12-25-10-2-1-3-11-25/h6-9,13-14,23H,1-5,10-12,21H2,(H2,22,24,26). The summed E-state index contributed by atoms with van der Waals surface area (Å²) in [6, 6.07) is 7.82. The highest BCUT2D eigenvalue weighted by atomic mass is 16.1. The maximum atomic E-state index is 12.0. The van der Waals surface area contributed by atoms with Crippen LogP contribution < -0.4 is 11.1 Å². The maximum Gasteiger partial charge on any atom is 0.225 e. The molecule has 0 atom stereocenters. The van der Waals surface area contributed by atoms with Crippen LogP contribution in [0.2, 0.25) is 0 Å². The zero-order chi connectivity index (χ0) is 18.4. The summed E-state index contributed by atoms with van der Waals surface area (Å²) in [4.78, 5) is 17.6. The highest BCUT2D eigenvalue weighted by molar-refractivity contribution is 6.05. The number of nitrogens with two attached hydrogens (primary N) is 1. The molecular weight excluding hydrogens is 326 g/mol. The van der Waals surface area contributed by atoms with Gasteiger partial charge in [-0.15, -0.1) is 0 Å². The normalized spacial score (nSPS) is 15.9. The molecule has 6 heteroatoms. The molecule has 2 heterocycles. The summed E-state index contributed by atoms with van der Waals surface area (Å²) in [5.74, 6) is -0.104. The van der Waals surface area contributed by atoms with Crippen LogP contribution in [0, 0.1) is 5.41 Å². The number of aromatic nitrogens is 1. The summed E-state index contributed by atoms with van der Waals surface area (Å²) in [6.07, 6.45) is 8.46. The van der Waals surface area contributed by atoms with E-state index in [0.717, 1.165) is 42.5 Å². The molecule has 0 spiro atoms. The first-order valence-corrected chi connectivity index (χ1v) is 9.27. The lowest BCUT2D eigenvalue weighted by molar-refractivity contribution is -0.119.